The second-order valence-electron chi connectivity index (χ2n) is 5.33. The Morgan fingerprint density at radius 3 is 2.90 bits per heavy atom. The highest BCUT2D eigenvalue weighted by Gasteiger charge is 2.31. The third-order valence-corrected chi connectivity index (χ3v) is 4.59. The Morgan fingerprint density at radius 1 is 1.40 bits per heavy atom. The minimum Gasteiger partial charge on any atom is -0.388 e. The molecule has 2 N–H and O–H groups in total. The van der Waals surface area contributed by atoms with Gasteiger partial charge in [0.05, 0.1) is 11.3 Å². The normalized spacial score (nSPS) is 17.1. The molecular weight excluding hydrogens is 272 g/mol. The molecule has 110 valence electrons. The molecule has 1 aromatic heterocycles. The average Bonchev–Trinajstić information content (AvgIpc) is 2.90. The van der Waals surface area contributed by atoms with Crippen LogP contribution in [0.2, 0.25) is 0 Å². The van der Waals surface area contributed by atoms with E-state index >= 15 is 0 Å². The molecule has 1 heterocycles. The number of pyridine rings is 1. The van der Waals surface area contributed by atoms with Gasteiger partial charge in [0.2, 0.25) is 5.91 Å². The summed E-state index contributed by atoms with van der Waals surface area (Å²) in [5.74, 6) is 1.64. The number of rotatable bonds is 7. The van der Waals surface area contributed by atoms with Crippen LogP contribution in [0, 0.1) is 0 Å². The fraction of sp³-hybridized carbons (Fsp3) is 0.600. The lowest BCUT2D eigenvalue weighted by Crippen LogP contribution is -2.40. The van der Waals surface area contributed by atoms with Gasteiger partial charge in [-0.3, -0.25) is 9.78 Å². The summed E-state index contributed by atoms with van der Waals surface area (Å²) in [6.07, 6.45) is 6.01. The predicted molar refractivity (Wildman–Crippen MR) is 81.4 cm³/mol. The molecule has 2 rings (SSSR count). The summed E-state index contributed by atoms with van der Waals surface area (Å²) in [5.41, 5.74) is 0.384. The zero-order valence-electron chi connectivity index (χ0n) is 11.7. The number of carbonyl (C=O) groups is 1. The minimum atomic E-state index is -0.656. The van der Waals surface area contributed by atoms with Gasteiger partial charge in [-0.2, -0.15) is 11.8 Å². The fourth-order valence-electron chi connectivity index (χ4n) is 2.39. The lowest BCUT2D eigenvalue weighted by atomic mass is 10.0. The molecule has 0 bridgehead atoms. The van der Waals surface area contributed by atoms with Gasteiger partial charge >= 0.3 is 0 Å². The first-order chi connectivity index (χ1) is 9.68. The van der Waals surface area contributed by atoms with Crippen LogP contribution >= 0.6 is 11.8 Å². The average molecular weight is 294 g/mol. The molecule has 1 saturated carbocycles. The highest BCUT2D eigenvalue weighted by molar-refractivity contribution is 7.98. The van der Waals surface area contributed by atoms with E-state index in [1.165, 1.54) is 0 Å². The minimum absolute atomic E-state index is 0.0267. The monoisotopic (exact) mass is 294 g/mol. The molecule has 4 nitrogen and oxygen atoms in total. The quantitative estimate of drug-likeness (QED) is 0.756. The van der Waals surface area contributed by atoms with Gasteiger partial charge < -0.3 is 10.4 Å². The fourth-order valence-corrected chi connectivity index (χ4v) is 3.24. The third kappa shape index (κ3) is 5.13. The third-order valence-electron chi connectivity index (χ3n) is 3.60. The van der Waals surface area contributed by atoms with Crippen LogP contribution in [0.25, 0.3) is 0 Å². The van der Waals surface area contributed by atoms with Gasteiger partial charge in [-0.1, -0.05) is 18.9 Å². The smallest absolute Gasteiger partial charge is 0.220 e. The van der Waals surface area contributed by atoms with E-state index in [0.29, 0.717) is 13.0 Å². The molecule has 1 aliphatic carbocycles. The van der Waals surface area contributed by atoms with Crippen molar-refractivity contribution in [3.8, 4) is 0 Å². The predicted octanol–water partition coefficient (Wildman–Crippen LogP) is 2.13. The number of hydrogen-bond acceptors (Lipinski definition) is 4. The molecule has 1 fully saturated rings. The molecule has 20 heavy (non-hydrogen) atoms. The van der Waals surface area contributed by atoms with Gasteiger partial charge in [-0.25, -0.2) is 0 Å². The highest BCUT2D eigenvalue weighted by atomic mass is 32.2. The van der Waals surface area contributed by atoms with E-state index in [1.807, 2.05) is 18.2 Å². The molecule has 0 atom stereocenters. The van der Waals surface area contributed by atoms with E-state index in [4.69, 9.17) is 0 Å². The van der Waals surface area contributed by atoms with Crippen molar-refractivity contribution in [1.29, 1.82) is 0 Å². The van der Waals surface area contributed by atoms with Crippen LogP contribution in [0.15, 0.2) is 24.4 Å². The molecule has 0 aliphatic heterocycles. The van der Waals surface area contributed by atoms with Crippen LogP contribution in [-0.2, 0) is 10.5 Å². The van der Waals surface area contributed by atoms with Crippen LogP contribution < -0.4 is 5.32 Å². The number of aliphatic hydroxyl groups is 1. The number of amides is 1. The van der Waals surface area contributed by atoms with E-state index in [-0.39, 0.29) is 5.91 Å². The maximum absolute atomic E-state index is 11.7. The first kappa shape index (κ1) is 15.3. The van der Waals surface area contributed by atoms with Crippen molar-refractivity contribution in [2.24, 2.45) is 0 Å². The van der Waals surface area contributed by atoms with E-state index in [2.05, 4.69) is 10.3 Å². The van der Waals surface area contributed by atoms with Gasteiger partial charge in [-0.05, 0) is 25.0 Å². The van der Waals surface area contributed by atoms with Crippen LogP contribution in [0.5, 0.6) is 0 Å². The van der Waals surface area contributed by atoms with Crippen LogP contribution in [-0.4, -0.2) is 33.9 Å². The van der Waals surface area contributed by atoms with Gasteiger partial charge in [-0.15, -0.1) is 0 Å². The lowest BCUT2D eigenvalue weighted by molar-refractivity contribution is -0.121. The Hall–Kier alpha value is -1.07. The van der Waals surface area contributed by atoms with Crippen molar-refractivity contribution in [3.63, 3.8) is 0 Å². The molecular formula is C15H22N2O2S. The number of hydrogen-bond donors (Lipinski definition) is 2. The lowest BCUT2D eigenvalue weighted by Gasteiger charge is -2.22. The van der Waals surface area contributed by atoms with Crippen LogP contribution in [0.4, 0.5) is 0 Å². The Labute approximate surface area is 124 Å². The molecule has 0 unspecified atom stereocenters. The first-order valence-electron chi connectivity index (χ1n) is 7.15. The SMILES string of the molecule is O=C(CCSCc1ccccn1)NCC1(O)CCCC1. The molecule has 5 heteroatoms. The molecule has 0 radical (unpaired) electrons. The summed E-state index contributed by atoms with van der Waals surface area (Å²) in [4.78, 5) is 15.9. The number of nitrogens with one attached hydrogen (secondary N) is 1. The Kier molecular flexibility index (Phi) is 5.86. The summed E-state index contributed by atoms with van der Waals surface area (Å²) in [6, 6.07) is 5.86. The summed E-state index contributed by atoms with van der Waals surface area (Å²) in [5, 5.41) is 13.0. The molecule has 0 saturated heterocycles. The molecule has 0 spiro atoms. The van der Waals surface area contributed by atoms with Crippen LogP contribution in [0.1, 0.15) is 37.8 Å². The summed E-state index contributed by atoms with van der Waals surface area (Å²) >= 11 is 1.71. The first-order valence-corrected chi connectivity index (χ1v) is 8.30. The number of thioether (sulfide) groups is 1. The van der Waals surface area contributed by atoms with Gasteiger partial charge in [0.1, 0.15) is 0 Å². The van der Waals surface area contributed by atoms with Crippen LogP contribution in [0.3, 0.4) is 0 Å². The summed E-state index contributed by atoms with van der Waals surface area (Å²) in [7, 11) is 0. The maximum Gasteiger partial charge on any atom is 0.220 e. The molecule has 1 aliphatic rings. The summed E-state index contributed by atoms with van der Waals surface area (Å²) < 4.78 is 0. The Balaban J connectivity index is 1.56. The summed E-state index contributed by atoms with van der Waals surface area (Å²) in [6.45, 7) is 0.400. The number of nitrogens with zero attached hydrogens (tertiary/aromatic N) is 1. The zero-order valence-corrected chi connectivity index (χ0v) is 12.5. The van der Waals surface area contributed by atoms with Crippen molar-refractivity contribution in [2.45, 2.75) is 43.5 Å². The number of aromatic nitrogens is 1. The molecule has 1 aromatic rings. The van der Waals surface area contributed by atoms with E-state index in [0.717, 1.165) is 42.9 Å². The highest BCUT2D eigenvalue weighted by Crippen LogP contribution is 2.28. The van der Waals surface area contributed by atoms with E-state index in [9.17, 15) is 9.90 Å². The topological polar surface area (TPSA) is 62.2 Å². The number of carbonyl (C=O) groups excluding carboxylic acids is 1. The molecule has 0 aromatic carbocycles. The second-order valence-corrected chi connectivity index (χ2v) is 6.44. The Bertz CT molecular complexity index is 419. The van der Waals surface area contributed by atoms with Crippen molar-refractivity contribution >= 4 is 17.7 Å². The largest absolute Gasteiger partial charge is 0.388 e. The van der Waals surface area contributed by atoms with Gasteiger partial charge in [0.25, 0.3) is 0 Å². The second kappa shape index (κ2) is 7.64. The standard InChI is InChI=1S/C15H22N2O2S/c18-14(17-12-15(19)7-2-3-8-15)6-10-20-11-13-5-1-4-9-16-13/h1,4-5,9,19H,2-3,6-8,10-12H2,(H,17,18). The van der Waals surface area contributed by atoms with Crippen molar-refractivity contribution in [1.82, 2.24) is 10.3 Å². The maximum atomic E-state index is 11.7. The molecule has 1 amide bonds. The van der Waals surface area contributed by atoms with E-state index < -0.39 is 5.60 Å². The van der Waals surface area contributed by atoms with Crippen molar-refractivity contribution in [2.75, 3.05) is 12.3 Å². The van der Waals surface area contributed by atoms with E-state index in [1.54, 1.807) is 18.0 Å². The zero-order chi connectivity index (χ0) is 14.3. The Morgan fingerprint density at radius 2 is 2.20 bits per heavy atom. The van der Waals surface area contributed by atoms with Crippen molar-refractivity contribution < 1.29 is 9.90 Å². The van der Waals surface area contributed by atoms with Crippen molar-refractivity contribution in [3.05, 3.63) is 30.1 Å². The van der Waals surface area contributed by atoms with Gasteiger partial charge in [0, 0.05) is 30.7 Å². The van der Waals surface area contributed by atoms with Gasteiger partial charge in [0.15, 0.2) is 0 Å².